The van der Waals surface area contributed by atoms with Crippen LogP contribution in [0.5, 0.6) is 0 Å². The van der Waals surface area contributed by atoms with Crippen LogP contribution in [0.1, 0.15) is 0 Å². The highest BCUT2D eigenvalue weighted by Gasteiger charge is 2.39. The maximum atomic E-state index is 14.7. The molecule has 1 fully saturated rings. The third-order valence-electron chi connectivity index (χ3n) is 5.42. The normalized spacial score (nSPS) is 19.0. The second-order valence-corrected chi connectivity index (χ2v) is 10.0. The molecule has 2 heterocycles. The van der Waals surface area contributed by atoms with Gasteiger partial charge < -0.3 is 14.6 Å². The molecule has 0 bridgehead atoms. The Morgan fingerprint density at radius 1 is 1.15 bits per heavy atom. The molecule has 1 aromatic heterocycles. The van der Waals surface area contributed by atoms with E-state index in [2.05, 4.69) is 15.0 Å². The molecule has 0 aliphatic carbocycles. The third-order valence-corrected chi connectivity index (χ3v) is 7.66. The fourth-order valence-corrected chi connectivity index (χ4v) is 5.41. The van der Waals surface area contributed by atoms with E-state index < -0.39 is 40.4 Å². The smallest absolute Gasteiger partial charge is 0.301 e. The van der Waals surface area contributed by atoms with Crippen LogP contribution in [0.25, 0.3) is 10.9 Å². The summed E-state index contributed by atoms with van der Waals surface area (Å²) in [6, 6.07) is 5.15. The van der Waals surface area contributed by atoms with Gasteiger partial charge in [-0.25, -0.2) is 13.8 Å². The van der Waals surface area contributed by atoms with Gasteiger partial charge in [0.15, 0.2) is 0 Å². The molecule has 2 atom stereocenters. The molecule has 1 aliphatic rings. The third kappa shape index (κ3) is 4.43. The van der Waals surface area contributed by atoms with Crippen LogP contribution in [0.15, 0.2) is 35.4 Å². The first-order valence-corrected chi connectivity index (χ1v) is 12.1. The van der Waals surface area contributed by atoms with Crippen LogP contribution in [0.2, 0.25) is 10.0 Å². The van der Waals surface area contributed by atoms with E-state index in [1.807, 2.05) is 0 Å². The van der Waals surface area contributed by atoms with Crippen molar-refractivity contribution in [1.82, 2.24) is 13.9 Å². The first-order chi connectivity index (χ1) is 16.0. The maximum Gasteiger partial charge on any atom is 0.301 e. The fourth-order valence-electron chi connectivity index (χ4n) is 3.56. The molecule has 0 spiro atoms. The van der Waals surface area contributed by atoms with E-state index in [1.54, 1.807) is 0 Å². The molecule has 0 saturated carbocycles. The van der Waals surface area contributed by atoms with Gasteiger partial charge in [-0.1, -0.05) is 23.2 Å². The Hall–Kier alpha value is -2.51. The minimum absolute atomic E-state index is 0.00990. The van der Waals surface area contributed by atoms with E-state index in [0.717, 1.165) is 16.4 Å². The van der Waals surface area contributed by atoms with Gasteiger partial charge in [-0.05, 0) is 24.3 Å². The quantitative estimate of drug-likeness (QED) is 0.502. The molecule has 14 heteroatoms. The minimum atomic E-state index is -4.21. The van der Waals surface area contributed by atoms with Crippen molar-refractivity contribution < 1.29 is 21.9 Å². The minimum Gasteiger partial charge on any atom is -0.377 e. The predicted molar refractivity (Wildman–Crippen MR) is 126 cm³/mol. The summed E-state index contributed by atoms with van der Waals surface area (Å²) in [5, 5.41) is 2.54. The van der Waals surface area contributed by atoms with Crippen molar-refractivity contribution in [2.45, 2.75) is 12.3 Å². The van der Waals surface area contributed by atoms with E-state index in [9.17, 15) is 22.0 Å². The lowest BCUT2D eigenvalue weighted by atomic mass is 10.2. The lowest BCUT2D eigenvalue weighted by Gasteiger charge is -2.19. The number of fused-ring (bicyclic) bond motifs is 1. The van der Waals surface area contributed by atoms with Gasteiger partial charge in [-0.2, -0.15) is 12.7 Å². The van der Waals surface area contributed by atoms with Crippen molar-refractivity contribution in [3.8, 4) is 0 Å². The number of hydrogen-bond donors (Lipinski definition) is 2. The largest absolute Gasteiger partial charge is 0.377 e. The molecule has 1 saturated heterocycles. The molecule has 0 amide bonds. The Morgan fingerprint density at radius 3 is 2.53 bits per heavy atom. The van der Waals surface area contributed by atoms with Crippen molar-refractivity contribution in [2.75, 3.05) is 30.2 Å². The van der Waals surface area contributed by atoms with Crippen molar-refractivity contribution in [2.24, 2.45) is 7.05 Å². The average Bonchev–Trinajstić information content (AvgIpc) is 3.18. The summed E-state index contributed by atoms with van der Waals surface area (Å²) < 4.78 is 63.4. The molecular weight excluding hydrogens is 515 g/mol. The highest BCUT2D eigenvalue weighted by molar-refractivity contribution is 7.90. The number of halogens is 4. The zero-order valence-corrected chi connectivity index (χ0v) is 20.2. The summed E-state index contributed by atoms with van der Waals surface area (Å²) in [5.41, 5.74) is -0.321. The summed E-state index contributed by atoms with van der Waals surface area (Å²) in [5.74, 6) is -0.798. The summed E-state index contributed by atoms with van der Waals surface area (Å²) in [6.07, 6.45) is -1.03. The van der Waals surface area contributed by atoms with Crippen LogP contribution < -0.4 is 15.6 Å². The Bertz CT molecular complexity index is 1440. The summed E-state index contributed by atoms with van der Waals surface area (Å²) >= 11 is 12.7. The van der Waals surface area contributed by atoms with Crippen LogP contribution in [-0.4, -0.2) is 54.7 Å². The number of methoxy groups -OCH3 is 1. The number of nitrogens with zero attached hydrogens (tertiary/aromatic N) is 3. The standard InChI is InChI=1S/C20H19Cl2F2N5O4S/c1-28-9-25-12-5-6-13(17(21)16(12)20(28)30)26-19-10(23)3-4-14(18(19)22)27-34(31,32)29-7-11(24)15(8-29)33-2/h3-6,9,11,15,26-27H,7-8H2,1-2H3/t11-,15+/m1/s1. The van der Waals surface area contributed by atoms with Crippen molar-refractivity contribution in [3.05, 3.63) is 56.8 Å². The fraction of sp³-hybridized carbons (Fsp3) is 0.300. The first kappa shape index (κ1) is 24.6. The second-order valence-electron chi connectivity index (χ2n) is 7.61. The Morgan fingerprint density at radius 2 is 1.85 bits per heavy atom. The van der Waals surface area contributed by atoms with Gasteiger partial charge in [0.05, 0.1) is 44.3 Å². The molecule has 2 N–H and O–H groups in total. The molecule has 9 nitrogen and oxygen atoms in total. The Kier molecular flexibility index (Phi) is 6.71. The van der Waals surface area contributed by atoms with Crippen molar-refractivity contribution in [3.63, 3.8) is 0 Å². The summed E-state index contributed by atoms with van der Waals surface area (Å²) in [7, 11) is -1.41. The van der Waals surface area contributed by atoms with Crippen LogP contribution in [0, 0.1) is 5.82 Å². The van der Waals surface area contributed by atoms with Gasteiger partial charge in [0.2, 0.25) is 0 Å². The summed E-state index contributed by atoms with van der Waals surface area (Å²) in [6.45, 7) is -0.583. The van der Waals surface area contributed by atoms with E-state index >= 15 is 0 Å². The van der Waals surface area contributed by atoms with Gasteiger partial charge in [0, 0.05) is 27.2 Å². The van der Waals surface area contributed by atoms with Gasteiger partial charge >= 0.3 is 10.2 Å². The molecule has 0 unspecified atom stereocenters. The van der Waals surface area contributed by atoms with Gasteiger partial charge in [0.1, 0.15) is 18.1 Å². The van der Waals surface area contributed by atoms with Crippen molar-refractivity contribution >= 4 is 61.4 Å². The monoisotopic (exact) mass is 533 g/mol. The molecule has 1 aliphatic heterocycles. The number of anilines is 3. The molecule has 3 aromatic rings. The zero-order valence-electron chi connectivity index (χ0n) is 17.9. The lowest BCUT2D eigenvalue weighted by Crippen LogP contribution is -2.35. The number of ether oxygens (including phenoxy) is 1. The lowest BCUT2D eigenvalue weighted by molar-refractivity contribution is 0.0637. The second kappa shape index (κ2) is 9.27. The highest BCUT2D eigenvalue weighted by Crippen LogP contribution is 2.38. The van der Waals surface area contributed by atoms with Crippen LogP contribution in [-0.2, 0) is 22.0 Å². The molecule has 4 rings (SSSR count). The van der Waals surface area contributed by atoms with E-state index in [0.29, 0.717) is 5.52 Å². The summed E-state index contributed by atoms with van der Waals surface area (Å²) in [4.78, 5) is 16.6. The number of aryl methyl sites for hydroxylation is 1. The van der Waals surface area contributed by atoms with E-state index in [-0.39, 0.29) is 39.0 Å². The zero-order chi connectivity index (χ0) is 24.8. The number of hydrogen-bond acceptors (Lipinski definition) is 6. The number of aromatic nitrogens is 2. The van der Waals surface area contributed by atoms with E-state index in [1.165, 1.54) is 37.2 Å². The maximum absolute atomic E-state index is 14.7. The SMILES string of the molecule is CO[C@H]1CN(S(=O)(=O)Nc2ccc(F)c(Nc3ccc4ncn(C)c(=O)c4c3Cl)c2Cl)C[C@H]1F. The van der Waals surface area contributed by atoms with Crippen LogP contribution in [0.4, 0.5) is 25.8 Å². The van der Waals surface area contributed by atoms with Gasteiger partial charge in [-0.15, -0.1) is 0 Å². The number of nitrogens with one attached hydrogen (secondary N) is 2. The molecule has 182 valence electrons. The topological polar surface area (TPSA) is 106 Å². The van der Waals surface area contributed by atoms with Crippen molar-refractivity contribution in [1.29, 1.82) is 0 Å². The van der Waals surface area contributed by atoms with Gasteiger partial charge in [0.25, 0.3) is 5.56 Å². The highest BCUT2D eigenvalue weighted by atomic mass is 35.5. The Balaban J connectivity index is 1.67. The predicted octanol–water partition coefficient (Wildman–Crippen LogP) is 3.45. The first-order valence-electron chi connectivity index (χ1n) is 9.87. The molecule has 2 aromatic carbocycles. The van der Waals surface area contributed by atoms with Crippen LogP contribution >= 0.6 is 23.2 Å². The van der Waals surface area contributed by atoms with E-state index in [4.69, 9.17) is 27.9 Å². The molecule has 34 heavy (non-hydrogen) atoms. The number of rotatable bonds is 6. The average molecular weight is 534 g/mol. The number of benzene rings is 2. The molecule has 0 radical (unpaired) electrons. The van der Waals surface area contributed by atoms with Crippen LogP contribution in [0.3, 0.4) is 0 Å². The van der Waals surface area contributed by atoms with Gasteiger partial charge in [-0.3, -0.25) is 9.52 Å². The molecular formula is C20H19Cl2F2N5O4S. The number of alkyl halides is 1. The Labute approximate surface area is 203 Å².